The Balaban J connectivity index is 0.739. The zero-order chi connectivity index (χ0) is 54.3. The Morgan fingerprint density at radius 2 is 0.818 bits per heavy atom. The van der Waals surface area contributed by atoms with E-state index in [1.807, 2.05) is 0 Å². The first-order valence-corrected chi connectivity index (χ1v) is 24.3. The van der Waals surface area contributed by atoms with Gasteiger partial charge in [-0.2, -0.15) is 9.97 Å². The van der Waals surface area contributed by atoms with Crippen LogP contribution in [0, 0.1) is 0 Å². The third kappa shape index (κ3) is 13.2. The number of pyridine rings is 2. The Labute approximate surface area is 441 Å². The number of aromatic nitrogens is 4. The Morgan fingerprint density at radius 1 is 0.455 bits per heavy atom. The highest BCUT2D eigenvalue weighted by Gasteiger charge is 2.26. The van der Waals surface area contributed by atoms with E-state index in [9.17, 15) is 29.4 Å². The van der Waals surface area contributed by atoms with Gasteiger partial charge in [-0.3, -0.25) is 18.4 Å². The van der Waals surface area contributed by atoms with Gasteiger partial charge in [0.1, 0.15) is 35.7 Å². The largest absolute Gasteiger partial charge is 0.495 e. The van der Waals surface area contributed by atoms with E-state index in [1.54, 1.807) is 118 Å². The number of carboxylic acid groups (broad SMARTS) is 2. The summed E-state index contributed by atoms with van der Waals surface area (Å²) in [5, 5.41) is 19.3. The second kappa shape index (κ2) is 26.1. The van der Waals surface area contributed by atoms with E-state index in [0.717, 1.165) is 0 Å². The number of imidazole rings is 2. The first-order valence-electron chi connectivity index (χ1n) is 24.3. The van der Waals surface area contributed by atoms with E-state index in [0.29, 0.717) is 107 Å². The van der Waals surface area contributed by atoms with Crippen molar-refractivity contribution in [2.24, 2.45) is 0 Å². The second-order valence-corrected chi connectivity index (χ2v) is 16.9. The van der Waals surface area contributed by atoms with Gasteiger partial charge in [-0.15, -0.1) is 0 Å². The van der Waals surface area contributed by atoms with Crippen LogP contribution in [0.3, 0.4) is 0 Å². The number of carboxylic acids is 2. The average Bonchev–Trinajstić information content (AvgIpc) is 4.06. The maximum Gasteiger partial charge on any atom is 0.335 e. The molecule has 0 spiro atoms. The molecule has 4 aromatic heterocycles. The minimum atomic E-state index is -1.08. The van der Waals surface area contributed by atoms with Crippen molar-refractivity contribution in [3.05, 3.63) is 155 Å². The van der Waals surface area contributed by atoms with Gasteiger partial charge < -0.3 is 64.3 Å². The lowest BCUT2D eigenvalue weighted by Crippen LogP contribution is -2.15. The van der Waals surface area contributed by atoms with Crippen LogP contribution in [0.5, 0.6) is 23.3 Å². The lowest BCUT2D eigenvalue weighted by atomic mass is 10.0. The van der Waals surface area contributed by atoms with E-state index in [2.05, 4.69) is 9.97 Å². The van der Waals surface area contributed by atoms with E-state index in [4.69, 9.17) is 54.1 Å². The van der Waals surface area contributed by atoms with Gasteiger partial charge in [-0.25, -0.2) is 9.59 Å². The Kier molecular flexibility index (Phi) is 18.4. The predicted molar refractivity (Wildman–Crippen MR) is 282 cm³/mol. The van der Waals surface area contributed by atoms with Crippen LogP contribution >= 0.6 is 0 Å². The van der Waals surface area contributed by atoms with Crippen LogP contribution in [0.15, 0.2) is 122 Å². The molecule has 4 heterocycles. The molecule has 0 aliphatic carbocycles. The van der Waals surface area contributed by atoms with Crippen LogP contribution < -0.4 is 30.4 Å². The standard InChI is InChI=1S/C56H56N6O15/c1-69-45-33-37(13-15-43(45)57)49(63)51-59-53(47-41(11-5-17-61(47)51)35-7-3-9-39(31-35)55(65)66)76-29-27-74-25-23-72-21-19-71-20-22-73-24-26-75-28-30-77-54-48-42(36-8-4-10-40(32-36)56(67)68)12-6-18-62(48)52(60-54)50(64)38-14-16-44(58)46(34-38)70-2/h3-18,31-34H,19-30,57-58H2,1-2H3,(H,65,66)(H,67,68). The minimum absolute atomic E-state index is 0.0706. The minimum Gasteiger partial charge on any atom is -0.495 e. The molecule has 0 unspecified atom stereocenters. The van der Waals surface area contributed by atoms with E-state index in [1.165, 1.54) is 26.4 Å². The van der Waals surface area contributed by atoms with Gasteiger partial charge in [0.2, 0.25) is 23.3 Å². The molecule has 0 saturated carbocycles. The number of hydrogen-bond donors (Lipinski definition) is 4. The SMILES string of the molecule is COc1cc(C(=O)c2nc(OCCOCCOCCOCCOCCOCCOc3nc(C(=O)c4ccc(N)c(OC)c4)n4cccc(-c5cccc(C(=O)O)c5)c34)c3c(-c4cccc(C(=O)O)c4)cccn23)ccc1N. The van der Waals surface area contributed by atoms with Gasteiger partial charge in [-0.05, 0) is 83.9 Å². The van der Waals surface area contributed by atoms with Crippen molar-refractivity contribution < 1.29 is 72.0 Å². The quantitative estimate of drug-likeness (QED) is 0.0202. The summed E-state index contributed by atoms with van der Waals surface area (Å²) in [6.07, 6.45) is 3.37. The highest BCUT2D eigenvalue weighted by molar-refractivity contribution is 6.09. The summed E-state index contributed by atoms with van der Waals surface area (Å²) in [4.78, 5) is 60.6. The maximum absolute atomic E-state index is 13.9. The summed E-state index contributed by atoms with van der Waals surface area (Å²) < 4.78 is 54.5. The summed E-state index contributed by atoms with van der Waals surface area (Å²) in [7, 11) is 2.92. The highest BCUT2D eigenvalue weighted by Crippen LogP contribution is 2.36. The van der Waals surface area contributed by atoms with Crippen molar-refractivity contribution in [2.45, 2.75) is 0 Å². The zero-order valence-electron chi connectivity index (χ0n) is 42.2. The fourth-order valence-electron chi connectivity index (χ4n) is 8.18. The number of rotatable bonds is 30. The number of hydrogen-bond acceptors (Lipinski definition) is 17. The number of fused-ring (bicyclic) bond motifs is 2. The van der Waals surface area contributed by atoms with E-state index < -0.39 is 23.5 Å². The normalized spacial score (nSPS) is 11.2. The molecule has 0 radical (unpaired) electrons. The van der Waals surface area contributed by atoms with Gasteiger partial charge in [-0.1, -0.05) is 36.4 Å². The molecule has 8 rings (SSSR count). The number of anilines is 2. The van der Waals surface area contributed by atoms with E-state index in [-0.39, 0.29) is 74.2 Å². The Bertz CT molecular complexity index is 3170. The van der Waals surface area contributed by atoms with E-state index >= 15 is 0 Å². The van der Waals surface area contributed by atoms with Gasteiger partial charge in [0.05, 0.1) is 103 Å². The number of methoxy groups -OCH3 is 2. The maximum atomic E-state index is 13.9. The molecule has 0 aliphatic rings. The topological polar surface area (TPSA) is 278 Å². The second-order valence-electron chi connectivity index (χ2n) is 16.9. The van der Waals surface area contributed by atoms with Crippen molar-refractivity contribution in [3.8, 4) is 45.5 Å². The number of nitrogens with two attached hydrogens (primary N) is 2. The smallest absolute Gasteiger partial charge is 0.335 e. The summed E-state index contributed by atoms with van der Waals surface area (Å²) >= 11 is 0. The molecule has 400 valence electrons. The summed E-state index contributed by atoms with van der Waals surface area (Å²) in [6, 6.07) is 29.4. The number of nitrogens with zero attached hydrogens (tertiary/aromatic N) is 4. The van der Waals surface area contributed by atoms with Crippen molar-refractivity contribution in [1.29, 1.82) is 0 Å². The fourth-order valence-corrected chi connectivity index (χ4v) is 8.18. The molecule has 77 heavy (non-hydrogen) atoms. The Hall–Kier alpha value is -8.86. The van der Waals surface area contributed by atoms with Crippen LogP contribution in [0.2, 0.25) is 0 Å². The molecular weight excluding hydrogens is 997 g/mol. The van der Waals surface area contributed by atoms with Crippen molar-refractivity contribution in [2.75, 3.05) is 105 Å². The number of ether oxygens (including phenoxy) is 9. The third-order valence-electron chi connectivity index (χ3n) is 11.9. The molecule has 4 aromatic carbocycles. The molecular formula is C56H56N6O15. The molecule has 0 amide bonds. The molecule has 0 bridgehead atoms. The molecule has 21 heteroatoms. The average molecular weight is 1050 g/mol. The van der Waals surface area contributed by atoms with Crippen LogP contribution in [0.25, 0.3) is 33.3 Å². The molecule has 8 aromatic rings. The lowest BCUT2D eigenvalue weighted by Gasteiger charge is -2.10. The monoisotopic (exact) mass is 1050 g/mol. The zero-order valence-corrected chi connectivity index (χ0v) is 42.2. The van der Waals surface area contributed by atoms with Crippen molar-refractivity contribution in [1.82, 2.24) is 18.8 Å². The van der Waals surface area contributed by atoms with Gasteiger partial charge in [0.15, 0.2) is 11.6 Å². The molecule has 0 atom stereocenters. The number of carbonyl (C=O) groups excluding carboxylic acids is 2. The summed E-state index contributed by atoms with van der Waals surface area (Å²) in [5.74, 6) is -1.82. The number of nitrogen functional groups attached to an aromatic ring is 2. The third-order valence-corrected chi connectivity index (χ3v) is 11.9. The van der Waals surface area contributed by atoms with Crippen molar-refractivity contribution in [3.63, 3.8) is 0 Å². The van der Waals surface area contributed by atoms with Crippen molar-refractivity contribution >= 4 is 45.9 Å². The van der Waals surface area contributed by atoms with Crippen LogP contribution in [-0.4, -0.2) is 146 Å². The molecule has 21 nitrogen and oxygen atoms in total. The molecule has 0 saturated heterocycles. The fraction of sp³-hybridized carbons (Fsp3) is 0.250. The first kappa shape index (κ1) is 54.4. The Morgan fingerprint density at radius 3 is 1.17 bits per heavy atom. The number of benzene rings is 4. The lowest BCUT2D eigenvalue weighted by molar-refractivity contribution is -0.0142. The number of carbonyl (C=O) groups is 4. The molecule has 0 aliphatic heterocycles. The summed E-state index contributed by atoms with van der Waals surface area (Å²) in [6.45, 7) is 3.06. The number of aromatic carboxylic acids is 2. The molecule has 6 N–H and O–H groups in total. The van der Waals surface area contributed by atoms with Gasteiger partial charge in [0, 0.05) is 34.6 Å². The van der Waals surface area contributed by atoms with Gasteiger partial charge in [0.25, 0.3) is 0 Å². The van der Waals surface area contributed by atoms with Crippen LogP contribution in [-0.2, 0) is 23.7 Å². The summed E-state index contributed by atoms with van der Waals surface area (Å²) in [5.41, 5.74) is 16.9. The highest BCUT2D eigenvalue weighted by atomic mass is 16.6. The van der Waals surface area contributed by atoms with Crippen LogP contribution in [0.4, 0.5) is 11.4 Å². The van der Waals surface area contributed by atoms with Gasteiger partial charge >= 0.3 is 11.9 Å². The predicted octanol–water partition coefficient (Wildman–Crippen LogP) is 6.90. The first-order chi connectivity index (χ1) is 37.5. The number of ketones is 2. The van der Waals surface area contributed by atoms with Crippen LogP contribution in [0.1, 0.15) is 53.1 Å². The molecule has 0 fully saturated rings.